The number of imidazole rings is 1. The molecule has 2 aromatic carbocycles. The molecular formula is C19H21N5O3S. The van der Waals surface area contributed by atoms with E-state index < -0.39 is 10.0 Å². The van der Waals surface area contributed by atoms with E-state index in [0.717, 1.165) is 6.54 Å². The molecule has 0 spiro atoms. The predicted octanol–water partition coefficient (Wildman–Crippen LogP) is 2.09. The first kappa shape index (κ1) is 19.4. The lowest BCUT2D eigenvalue weighted by Crippen LogP contribution is -2.25. The van der Waals surface area contributed by atoms with Crippen molar-refractivity contribution in [1.29, 1.82) is 0 Å². The summed E-state index contributed by atoms with van der Waals surface area (Å²) in [6.45, 7) is 1.16. The van der Waals surface area contributed by atoms with Gasteiger partial charge in [0.15, 0.2) is 0 Å². The van der Waals surface area contributed by atoms with Crippen LogP contribution in [0.3, 0.4) is 0 Å². The number of carbonyl (C=O) groups excluding carboxylic acids is 1. The number of benzene rings is 2. The van der Waals surface area contributed by atoms with Gasteiger partial charge >= 0.3 is 0 Å². The van der Waals surface area contributed by atoms with Crippen molar-refractivity contribution in [2.75, 3.05) is 17.0 Å². The summed E-state index contributed by atoms with van der Waals surface area (Å²) in [5, 5.41) is 2.77. The molecule has 0 radical (unpaired) electrons. The van der Waals surface area contributed by atoms with E-state index in [9.17, 15) is 13.2 Å². The first-order valence-electron chi connectivity index (χ1n) is 8.66. The van der Waals surface area contributed by atoms with Gasteiger partial charge in [-0.25, -0.2) is 13.4 Å². The van der Waals surface area contributed by atoms with Gasteiger partial charge in [-0.2, -0.15) is 0 Å². The Morgan fingerprint density at radius 2 is 1.93 bits per heavy atom. The lowest BCUT2D eigenvalue weighted by molar-refractivity contribution is 0.0952. The molecule has 0 aliphatic carbocycles. The molecule has 3 aromatic rings. The number of para-hydroxylation sites is 1. The number of hydrogen-bond acceptors (Lipinski definition) is 5. The largest absolute Gasteiger partial charge is 0.399 e. The number of nitrogen functional groups attached to an aromatic ring is 1. The number of aryl methyl sites for hydroxylation is 1. The number of carbonyl (C=O) groups is 1. The number of hydrogen-bond donors (Lipinski definition) is 3. The number of aromatic nitrogens is 2. The summed E-state index contributed by atoms with van der Waals surface area (Å²) in [6.07, 6.45) is 5.95. The molecule has 1 amide bonds. The first-order chi connectivity index (χ1) is 13.4. The molecular weight excluding hydrogens is 378 g/mol. The number of nitrogens with one attached hydrogen (secondary N) is 2. The van der Waals surface area contributed by atoms with Crippen LogP contribution in [0.15, 0.2) is 72.1 Å². The minimum absolute atomic E-state index is 0.0695. The standard InChI is InChI=1S/C19H21N5O3S/c20-16-11-15(19(25)22-7-4-9-24-10-8-21-14-24)12-18(13-16)28(26,27)23-17-5-2-1-3-6-17/h1-3,5-6,8,10-14,23H,4,7,9,20H2,(H,22,25). The molecule has 0 atom stereocenters. The Bertz CT molecular complexity index is 1030. The first-order valence-corrected chi connectivity index (χ1v) is 10.1. The Morgan fingerprint density at radius 3 is 2.64 bits per heavy atom. The average molecular weight is 399 g/mol. The van der Waals surface area contributed by atoms with Crippen LogP contribution in [0.2, 0.25) is 0 Å². The van der Waals surface area contributed by atoms with Crippen molar-refractivity contribution >= 4 is 27.3 Å². The van der Waals surface area contributed by atoms with Crippen molar-refractivity contribution in [1.82, 2.24) is 14.9 Å². The van der Waals surface area contributed by atoms with Crippen molar-refractivity contribution < 1.29 is 13.2 Å². The maximum Gasteiger partial charge on any atom is 0.261 e. The summed E-state index contributed by atoms with van der Waals surface area (Å²) >= 11 is 0. The Kier molecular flexibility index (Phi) is 5.95. The third kappa shape index (κ3) is 5.10. The van der Waals surface area contributed by atoms with Crippen molar-refractivity contribution in [2.24, 2.45) is 0 Å². The van der Waals surface area contributed by atoms with Crippen molar-refractivity contribution in [2.45, 2.75) is 17.9 Å². The van der Waals surface area contributed by atoms with Gasteiger partial charge in [-0.1, -0.05) is 18.2 Å². The van der Waals surface area contributed by atoms with Crippen LogP contribution in [0.1, 0.15) is 16.8 Å². The molecule has 1 aromatic heterocycles. The van der Waals surface area contributed by atoms with Crippen LogP contribution in [0, 0.1) is 0 Å². The monoisotopic (exact) mass is 399 g/mol. The van der Waals surface area contributed by atoms with Crippen molar-refractivity contribution in [3.05, 3.63) is 72.8 Å². The number of rotatable bonds is 8. The van der Waals surface area contributed by atoms with Crippen LogP contribution in [0.5, 0.6) is 0 Å². The Labute approximate surface area is 163 Å². The van der Waals surface area contributed by atoms with Crippen LogP contribution in [-0.4, -0.2) is 30.4 Å². The van der Waals surface area contributed by atoms with Crippen molar-refractivity contribution in [3.63, 3.8) is 0 Å². The van der Waals surface area contributed by atoms with Gasteiger partial charge in [-0.05, 0) is 36.8 Å². The summed E-state index contributed by atoms with van der Waals surface area (Å²) in [5.41, 5.74) is 6.63. The molecule has 4 N–H and O–H groups in total. The third-order valence-electron chi connectivity index (χ3n) is 3.97. The molecule has 28 heavy (non-hydrogen) atoms. The van der Waals surface area contributed by atoms with E-state index in [-0.39, 0.29) is 22.1 Å². The van der Waals surface area contributed by atoms with E-state index in [1.807, 2.05) is 10.8 Å². The van der Waals surface area contributed by atoms with Gasteiger partial charge in [0.1, 0.15) is 0 Å². The zero-order valence-corrected chi connectivity index (χ0v) is 15.9. The number of sulfonamides is 1. The van der Waals surface area contributed by atoms with Gasteiger partial charge in [0.25, 0.3) is 15.9 Å². The summed E-state index contributed by atoms with van der Waals surface area (Å²) in [5.74, 6) is -0.380. The molecule has 0 aliphatic heterocycles. The number of anilines is 2. The predicted molar refractivity (Wildman–Crippen MR) is 107 cm³/mol. The Morgan fingerprint density at radius 1 is 1.14 bits per heavy atom. The van der Waals surface area contributed by atoms with E-state index in [2.05, 4.69) is 15.0 Å². The molecule has 0 unspecified atom stereocenters. The maximum atomic E-state index is 12.6. The summed E-state index contributed by atoms with van der Waals surface area (Å²) in [7, 11) is -3.87. The quantitative estimate of drug-likeness (QED) is 0.396. The fourth-order valence-corrected chi connectivity index (χ4v) is 3.75. The molecule has 0 bridgehead atoms. The highest BCUT2D eigenvalue weighted by Gasteiger charge is 2.18. The second-order valence-corrected chi connectivity index (χ2v) is 7.85. The normalized spacial score (nSPS) is 11.1. The number of nitrogens with zero attached hydrogens (tertiary/aromatic N) is 2. The van der Waals surface area contributed by atoms with Gasteiger partial charge in [0.2, 0.25) is 0 Å². The van der Waals surface area contributed by atoms with E-state index in [1.54, 1.807) is 42.9 Å². The van der Waals surface area contributed by atoms with Gasteiger partial charge in [0, 0.05) is 42.4 Å². The minimum Gasteiger partial charge on any atom is -0.399 e. The molecule has 0 saturated heterocycles. The summed E-state index contributed by atoms with van der Waals surface area (Å²) in [6, 6.07) is 12.6. The Balaban J connectivity index is 1.67. The topological polar surface area (TPSA) is 119 Å². The highest BCUT2D eigenvalue weighted by atomic mass is 32.2. The van der Waals surface area contributed by atoms with Crippen LogP contribution in [-0.2, 0) is 16.6 Å². The fourth-order valence-electron chi connectivity index (χ4n) is 2.61. The molecule has 146 valence electrons. The lowest BCUT2D eigenvalue weighted by atomic mass is 10.2. The third-order valence-corrected chi connectivity index (χ3v) is 5.33. The van der Waals surface area contributed by atoms with Crippen LogP contribution < -0.4 is 15.8 Å². The van der Waals surface area contributed by atoms with Crippen LogP contribution in [0.4, 0.5) is 11.4 Å². The lowest BCUT2D eigenvalue weighted by Gasteiger charge is -2.11. The maximum absolute atomic E-state index is 12.6. The Hall–Kier alpha value is -3.33. The molecule has 0 saturated carbocycles. The van der Waals surface area contributed by atoms with Gasteiger partial charge in [-0.3, -0.25) is 9.52 Å². The number of nitrogens with two attached hydrogens (primary N) is 1. The van der Waals surface area contributed by atoms with Gasteiger partial charge in [-0.15, -0.1) is 0 Å². The molecule has 9 heteroatoms. The zero-order valence-electron chi connectivity index (χ0n) is 15.1. The molecule has 1 heterocycles. The van der Waals surface area contributed by atoms with Gasteiger partial charge < -0.3 is 15.6 Å². The van der Waals surface area contributed by atoms with Crippen LogP contribution >= 0.6 is 0 Å². The highest BCUT2D eigenvalue weighted by Crippen LogP contribution is 2.20. The molecule has 0 fully saturated rings. The second-order valence-electron chi connectivity index (χ2n) is 6.17. The molecule has 0 aliphatic rings. The second kappa shape index (κ2) is 8.57. The van der Waals surface area contributed by atoms with E-state index in [1.165, 1.54) is 18.2 Å². The fraction of sp³-hybridized carbons (Fsp3) is 0.158. The van der Waals surface area contributed by atoms with Crippen LogP contribution in [0.25, 0.3) is 0 Å². The van der Waals surface area contributed by atoms with E-state index in [0.29, 0.717) is 18.7 Å². The summed E-state index contributed by atoms with van der Waals surface area (Å²) < 4.78 is 29.6. The van der Waals surface area contributed by atoms with E-state index >= 15 is 0 Å². The minimum atomic E-state index is -3.87. The zero-order chi connectivity index (χ0) is 20.0. The average Bonchev–Trinajstić information content (AvgIpc) is 3.18. The van der Waals surface area contributed by atoms with E-state index in [4.69, 9.17) is 5.73 Å². The smallest absolute Gasteiger partial charge is 0.261 e. The summed E-state index contributed by atoms with van der Waals surface area (Å²) in [4.78, 5) is 16.3. The highest BCUT2D eigenvalue weighted by molar-refractivity contribution is 7.92. The molecule has 3 rings (SSSR count). The SMILES string of the molecule is Nc1cc(C(=O)NCCCn2ccnc2)cc(S(=O)(=O)Nc2ccccc2)c1. The number of amides is 1. The van der Waals surface area contributed by atoms with Gasteiger partial charge in [0.05, 0.1) is 11.2 Å². The van der Waals surface area contributed by atoms with Crippen molar-refractivity contribution in [3.8, 4) is 0 Å². The molecule has 8 nitrogen and oxygen atoms in total.